The van der Waals surface area contributed by atoms with Gasteiger partial charge in [0.2, 0.25) is 23.6 Å². The summed E-state index contributed by atoms with van der Waals surface area (Å²) in [4.78, 5) is 101. The molecule has 0 radical (unpaired) electrons. The van der Waals surface area contributed by atoms with Gasteiger partial charge in [0.1, 0.15) is 0 Å². The number of primary amides is 4. The lowest BCUT2D eigenvalue weighted by atomic mass is 9.62. The number of carbonyl (C=O) groups excluding carboxylic acids is 4. The van der Waals surface area contributed by atoms with Gasteiger partial charge in [-0.25, -0.2) is 0 Å². The van der Waals surface area contributed by atoms with Crippen LogP contribution in [0.25, 0.3) is 0 Å². The summed E-state index contributed by atoms with van der Waals surface area (Å²) in [5.74, 6) is -17.0. The first kappa shape index (κ1) is 45.8. The van der Waals surface area contributed by atoms with Crippen LogP contribution in [0.15, 0.2) is 0 Å². The molecule has 0 saturated heterocycles. The molecule has 8 atom stereocenters. The zero-order chi connectivity index (χ0) is 39.4. The molecule has 0 aromatic rings. The number of hydrogen-bond donors (Lipinski definition) is 8. The predicted molar refractivity (Wildman–Crippen MR) is 180 cm³/mol. The molecule has 50 heavy (non-hydrogen) atoms. The Hall–Kier alpha value is -4.24. The summed E-state index contributed by atoms with van der Waals surface area (Å²) in [6.07, 6.45) is -2.99. The third-order valence-corrected chi connectivity index (χ3v) is 10.2. The van der Waals surface area contributed by atoms with Crippen LogP contribution in [0.3, 0.4) is 0 Å². The van der Waals surface area contributed by atoms with Crippen molar-refractivity contribution in [2.24, 2.45) is 74.7 Å². The maximum Gasteiger partial charge on any atom is 0.307 e. The van der Waals surface area contributed by atoms with E-state index >= 15 is 0 Å². The van der Waals surface area contributed by atoms with Crippen LogP contribution in [0.1, 0.15) is 112 Å². The van der Waals surface area contributed by atoms with E-state index in [1.54, 1.807) is 41.5 Å². The molecule has 0 fully saturated rings. The van der Waals surface area contributed by atoms with Crippen molar-refractivity contribution in [2.75, 3.05) is 0 Å². The minimum Gasteiger partial charge on any atom is -0.481 e. The molecular weight excluding hydrogens is 656 g/mol. The molecule has 0 aliphatic carbocycles. The van der Waals surface area contributed by atoms with Gasteiger partial charge in [-0.3, -0.25) is 38.4 Å². The molecule has 0 aromatic carbocycles. The summed E-state index contributed by atoms with van der Waals surface area (Å²) in [5, 5.41) is 39.9. The lowest BCUT2D eigenvalue weighted by molar-refractivity contribution is -0.151. The summed E-state index contributed by atoms with van der Waals surface area (Å²) >= 11 is 0. The summed E-state index contributed by atoms with van der Waals surface area (Å²) < 4.78 is 0. The number of nitrogens with two attached hydrogens (primary N) is 4. The maximum atomic E-state index is 13.5. The van der Waals surface area contributed by atoms with Crippen LogP contribution in [0.4, 0.5) is 0 Å². The molecule has 16 heteroatoms. The second kappa shape index (κ2) is 19.2. The summed E-state index contributed by atoms with van der Waals surface area (Å²) in [6, 6.07) is 0. The van der Waals surface area contributed by atoms with Gasteiger partial charge in [-0.05, 0) is 69.6 Å². The monoisotopic (exact) mass is 714 g/mol. The van der Waals surface area contributed by atoms with E-state index in [-0.39, 0.29) is 32.1 Å². The molecule has 0 spiro atoms. The number of hydrogen-bond acceptors (Lipinski definition) is 8. The van der Waals surface area contributed by atoms with Gasteiger partial charge in [0.15, 0.2) is 0 Å². The maximum absolute atomic E-state index is 13.5. The van der Waals surface area contributed by atoms with Crippen molar-refractivity contribution in [2.45, 2.75) is 112 Å². The molecule has 0 aliphatic rings. The van der Waals surface area contributed by atoms with E-state index in [2.05, 4.69) is 0 Å². The third-order valence-electron chi connectivity index (χ3n) is 10.2. The number of carboxylic acid groups (broad SMARTS) is 4. The SMILES string of the molecule is CCCC(CC(CC(CC(CC)C(N)=O)(CC(CC(C(=O)O)C(C)(C)C)C(=O)O)C(N)=O)C(N)=O)(CC(CC(CC)C(=O)O)C(=O)O)C(N)=O. The van der Waals surface area contributed by atoms with E-state index in [0.29, 0.717) is 0 Å². The molecule has 8 unspecified atom stereocenters. The predicted octanol–water partition coefficient (Wildman–Crippen LogP) is 2.33. The summed E-state index contributed by atoms with van der Waals surface area (Å²) in [7, 11) is 0. The Labute approximate surface area is 293 Å². The normalized spacial score (nSPS) is 17.8. The van der Waals surface area contributed by atoms with Crippen LogP contribution in [-0.4, -0.2) is 67.9 Å². The second-order valence-corrected chi connectivity index (χ2v) is 14.9. The Bertz CT molecular complexity index is 1260. The summed E-state index contributed by atoms with van der Waals surface area (Å²) in [5.41, 5.74) is 18.7. The highest BCUT2D eigenvalue weighted by atomic mass is 16.4. The number of amides is 4. The van der Waals surface area contributed by atoms with Gasteiger partial charge in [-0.15, -0.1) is 0 Å². The largest absolute Gasteiger partial charge is 0.481 e. The van der Waals surface area contributed by atoms with Gasteiger partial charge in [0.25, 0.3) is 0 Å². The zero-order valence-electron chi connectivity index (χ0n) is 30.1. The lowest BCUT2D eigenvalue weighted by Gasteiger charge is -2.41. The number of carboxylic acids is 4. The fourth-order valence-electron chi connectivity index (χ4n) is 7.16. The van der Waals surface area contributed by atoms with Crippen molar-refractivity contribution in [3.05, 3.63) is 0 Å². The molecule has 0 aromatic heterocycles. The van der Waals surface area contributed by atoms with Gasteiger partial charge < -0.3 is 43.4 Å². The molecule has 0 saturated carbocycles. The summed E-state index contributed by atoms with van der Waals surface area (Å²) in [6.45, 7) is 9.66. The van der Waals surface area contributed by atoms with E-state index in [0.717, 1.165) is 0 Å². The van der Waals surface area contributed by atoms with Crippen molar-refractivity contribution < 1.29 is 58.8 Å². The average molecular weight is 715 g/mol. The Morgan fingerprint density at radius 3 is 1.18 bits per heavy atom. The minimum absolute atomic E-state index is 0.0498. The highest BCUT2D eigenvalue weighted by Gasteiger charge is 2.50. The Balaban J connectivity index is 7.43. The molecule has 0 bridgehead atoms. The Morgan fingerprint density at radius 1 is 0.500 bits per heavy atom. The molecule has 286 valence electrons. The van der Waals surface area contributed by atoms with Gasteiger partial charge in [0, 0.05) is 11.8 Å². The fourth-order valence-corrected chi connectivity index (χ4v) is 7.16. The quantitative estimate of drug-likeness (QED) is 0.0640. The smallest absolute Gasteiger partial charge is 0.307 e. The standard InChI is InChI=1S/C34H58N4O12/c1-7-10-33(30(37)49,14-20(27(43)44)11-18(8-2)26(41)42)16-22(25(36)40)17-34(31(38)50,13-19(9-3)24(35)39)15-21(28(45)46)12-23(29(47)48)32(4,5)6/h18-23H,7-17H2,1-6H3,(H2,35,39)(H2,36,40)(H2,37,49)(H2,38,50)(H,41,42)(H,43,44)(H,45,46)(H,47,48). The van der Waals surface area contributed by atoms with Gasteiger partial charge in [0.05, 0.1) is 34.5 Å². The first-order valence-electron chi connectivity index (χ1n) is 16.9. The van der Waals surface area contributed by atoms with Crippen molar-refractivity contribution in [3.63, 3.8) is 0 Å². The van der Waals surface area contributed by atoms with Gasteiger partial charge >= 0.3 is 23.9 Å². The van der Waals surface area contributed by atoms with E-state index in [4.69, 9.17) is 22.9 Å². The number of aliphatic carboxylic acids is 4. The van der Waals surface area contributed by atoms with Crippen molar-refractivity contribution in [1.82, 2.24) is 0 Å². The van der Waals surface area contributed by atoms with E-state index in [1.165, 1.54) is 0 Å². The van der Waals surface area contributed by atoms with Crippen LogP contribution in [0.5, 0.6) is 0 Å². The van der Waals surface area contributed by atoms with Crippen LogP contribution in [-0.2, 0) is 38.4 Å². The molecule has 16 nitrogen and oxygen atoms in total. The van der Waals surface area contributed by atoms with Crippen molar-refractivity contribution in [1.29, 1.82) is 0 Å². The number of rotatable bonds is 26. The van der Waals surface area contributed by atoms with Crippen LogP contribution < -0.4 is 22.9 Å². The Morgan fingerprint density at radius 2 is 0.860 bits per heavy atom. The molecule has 0 aliphatic heterocycles. The second-order valence-electron chi connectivity index (χ2n) is 14.9. The van der Waals surface area contributed by atoms with Crippen molar-refractivity contribution in [3.8, 4) is 0 Å². The molecule has 12 N–H and O–H groups in total. The first-order chi connectivity index (χ1) is 22.8. The highest BCUT2D eigenvalue weighted by molar-refractivity contribution is 5.87. The van der Waals surface area contributed by atoms with Gasteiger partial charge in [-0.2, -0.15) is 0 Å². The molecule has 0 rings (SSSR count). The molecular formula is C34H58N4O12. The molecule has 0 heterocycles. The average Bonchev–Trinajstić information content (AvgIpc) is 2.97. The van der Waals surface area contributed by atoms with E-state index < -0.39 is 138 Å². The molecule has 4 amide bonds. The Kier molecular flexibility index (Phi) is 17.6. The highest BCUT2D eigenvalue weighted by Crippen LogP contribution is 2.47. The van der Waals surface area contributed by atoms with E-state index in [9.17, 15) is 58.8 Å². The van der Waals surface area contributed by atoms with E-state index in [1.807, 2.05) is 0 Å². The topological polar surface area (TPSA) is 322 Å². The minimum atomic E-state index is -2.00. The third kappa shape index (κ3) is 12.9. The van der Waals surface area contributed by atoms with Crippen LogP contribution in [0.2, 0.25) is 0 Å². The van der Waals surface area contributed by atoms with Crippen LogP contribution in [0, 0.1) is 51.8 Å². The van der Waals surface area contributed by atoms with Gasteiger partial charge in [-0.1, -0.05) is 48.0 Å². The van der Waals surface area contributed by atoms with Crippen LogP contribution >= 0.6 is 0 Å². The first-order valence-corrected chi connectivity index (χ1v) is 16.9. The fraction of sp³-hybridized carbons (Fsp3) is 0.765. The number of carbonyl (C=O) groups is 8. The lowest BCUT2D eigenvalue weighted by Crippen LogP contribution is -2.49. The van der Waals surface area contributed by atoms with Crippen molar-refractivity contribution >= 4 is 47.5 Å². The zero-order valence-corrected chi connectivity index (χ0v) is 30.1.